The number of rotatable bonds is 3. The molecule has 0 unspecified atom stereocenters. The highest BCUT2D eigenvalue weighted by Gasteiger charge is 2.36. The first-order chi connectivity index (χ1) is 10.6. The van der Waals surface area contributed by atoms with Crippen LogP contribution in [0.2, 0.25) is 0 Å². The van der Waals surface area contributed by atoms with Gasteiger partial charge in [-0.25, -0.2) is 0 Å². The predicted octanol–water partition coefficient (Wildman–Crippen LogP) is 0.913. The van der Waals surface area contributed by atoms with Gasteiger partial charge in [0.15, 0.2) is 0 Å². The third-order valence-corrected chi connectivity index (χ3v) is 4.39. The molecule has 0 radical (unpaired) electrons. The molecule has 116 valence electrons. The molecule has 2 aliphatic heterocycles. The molecule has 1 fully saturated rings. The molecule has 2 aliphatic rings. The number of hydrogen-bond donors (Lipinski definition) is 2. The Morgan fingerprint density at radius 1 is 1.32 bits per heavy atom. The van der Waals surface area contributed by atoms with Gasteiger partial charge in [-0.15, -0.1) is 0 Å². The van der Waals surface area contributed by atoms with E-state index in [0.29, 0.717) is 11.1 Å². The number of fused-ring (bicyclic) bond motifs is 1. The molecule has 2 N–H and O–H groups in total. The van der Waals surface area contributed by atoms with Crippen LogP contribution in [0.4, 0.5) is 0 Å². The molecule has 22 heavy (non-hydrogen) atoms. The highest BCUT2D eigenvalue weighted by Crippen LogP contribution is 2.25. The zero-order chi connectivity index (χ0) is 15.7. The van der Waals surface area contributed by atoms with Crippen molar-refractivity contribution < 1.29 is 14.4 Å². The largest absolute Gasteiger partial charge is 0.351 e. The highest BCUT2D eigenvalue weighted by atomic mass is 79.9. The quantitative estimate of drug-likeness (QED) is 0.780. The zero-order valence-corrected chi connectivity index (χ0v) is 13.5. The Hall–Kier alpha value is -1.73. The van der Waals surface area contributed by atoms with Crippen LogP contribution in [-0.2, 0) is 4.79 Å². The van der Waals surface area contributed by atoms with Crippen LogP contribution in [-0.4, -0.2) is 48.3 Å². The van der Waals surface area contributed by atoms with Gasteiger partial charge in [0.05, 0.1) is 11.1 Å². The van der Waals surface area contributed by atoms with Crippen LogP contribution >= 0.6 is 15.9 Å². The molecule has 0 saturated carbocycles. The van der Waals surface area contributed by atoms with E-state index in [2.05, 4.69) is 26.6 Å². The number of benzene rings is 1. The van der Waals surface area contributed by atoms with Gasteiger partial charge < -0.3 is 10.6 Å². The fourth-order valence-electron chi connectivity index (χ4n) is 2.80. The van der Waals surface area contributed by atoms with E-state index in [1.807, 2.05) is 0 Å². The lowest BCUT2D eigenvalue weighted by Gasteiger charge is -2.24. The molecular weight excluding hydrogens is 350 g/mol. The molecular formula is C15H16BrN3O3. The Morgan fingerprint density at radius 2 is 2.09 bits per heavy atom. The summed E-state index contributed by atoms with van der Waals surface area (Å²) in [7, 11) is 0. The van der Waals surface area contributed by atoms with Crippen LogP contribution in [0.1, 0.15) is 33.6 Å². The maximum Gasteiger partial charge on any atom is 0.262 e. The summed E-state index contributed by atoms with van der Waals surface area (Å²) in [6.07, 6.45) is 1.92. The number of nitrogens with zero attached hydrogens (tertiary/aromatic N) is 1. The SMILES string of the molecule is O=C(CN1C(=O)c2ccc(Br)cc2C1=O)N[C@H]1CCCNC1. The van der Waals surface area contributed by atoms with E-state index >= 15 is 0 Å². The van der Waals surface area contributed by atoms with Crippen LogP contribution in [0.5, 0.6) is 0 Å². The van der Waals surface area contributed by atoms with Crippen molar-refractivity contribution in [1.82, 2.24) is 15.5 Å². The lowest BCUT2D eigenvalue weighted by molar-refractivity contribution is -0.122. The van der Waals surface area contributed by atoms with Crippen LogP contribution in [0.25, 0.3) is 0 Å². The second-order valence-corrected chi connectivity index (χ2v) is 6.41. The lowest BCUT2D eigenvalue weighted by atomic mass is 10.1. The minimum absolute atomic E-state index is 0.0607. The summed E-state index contributed by atoms with van der Waals surface area (Å²) in [6, 6.07) is 4.98. The summed E-state index contributed by atoms with van der Waals surface area (Å²) in [5.41, 5.74) is 0.687. The molecule has 0 bridgehead atoms. The third-order valence-electron chi connectivity index (χ3n) is 3.90. The van der Waals surface area contributed by atoms with Gasteiger partial charge in [-0.05, 0) is 37.6 Å². The van der Waals surface area contributed by atoms with E-state index in [0.717, 1.165) is 35.3 Å². The molecule has 1 aromatic rings. The average Bonchev–Trinajstić information content (AvgIpc) is 2.73. The lowest BCUT2D eigenvalue weighted by Crippen LogP contribution is -2.49. The average molecular weight is 366 g/mol. The molecule has 1 aromatic carbocycles. The van der Waals surface area contributed by atoms with Crippen molar-refractivity contribution in [2.24, 2.45) is 0 Å². The summed E-state index contributed by atoms with van der Waals surface area (Å²) in [5, 5.41) is 6.07. The summed E-state index contributed by atoms with van der Waals surface area (Å²) < 4.78 is 0.729. The molecule has 0 aromatic heterocycles. The smallest absolute Gasteiger partial charge is 0.262 e. The number of carbonyl (C=O) groups is 3. The first-order valence-corrected chi connectivity index (χ1v) is 8.01. The van der Waals surface area contributed by atoms with Crippen molar-refractivity contribution in [2.75, 3.05) is 19.6 Å². The maximum atomic E-state index is 12.3. The van der Waals surface area contributed by atoms with Crippen molar-refractivity contribution >= 4 is 33.7 Å². The Labute approximate surface area is 136 Å². The predicted molar refractivity (Wildman–Crippen MR) is 83.5 cm³/mol. The molecule has 6 nitrogen and oxygen atoms in total. The topological polar surface area (TPSA) is 78.5 Å². The van der Waals surface area contributed by atoms with Gasteiger partial charge in [0.1, 0.15) is 6.54 Å². The van der Waals surface area contributed by atoms with Gasteiger partial charge in [0.2, 0.25) is 5.91 Å². The number of nitrogens with one attached hydrogen (secondary N) is 2. The number of hydrogen-bond acceptors (Lipinski definition) is 4. The Morgan fingerprint density at radius 3 is 2.82 bits per heavy atom. The number of imide groups is 1. The van der Waals surface area contributed by atoms with Crippen LogP contribution in [0, 0.1) is 0 Å². The number of amides is 3. The second-order valence-electron chi connectivity index (χ2n) is 5.50. The van der Waals surface area contributed by atoms with E-state index < -0.39 is 11.8 Å². The van der Waals surface area contributed by atoms with Gasteiger partial charge in [-0.3, -0.25) is 19.3 Å². The van der Waals surface area contributed by atoms with Crippen molar-refractivity contribution in [3.63, 3.8) is 0 Å². The molecule has 7 heteroatoms. The van der Waals surface area contributed by atoms with E-state index in [4.69, 9.17) is 0 Å². The first kappa shape index (κ1) is 15.2. The second kappa shape index (κ2) is 6.18. The molecule has 3 amide bonds. The van der Waals surface area contributed by atoms with Gasteiger partial charge >= 0.3 is 0 Å². The Balaban J connectivity index is 1.67. The van der Waals surface area contributed by atoms with Gasteiger partial charge in [-0.2, -0.15) is 0 Å². The van der Waals surface area contributed by atoms with Crippen molar-refractivity contribution in [3.8, 4) is 0 Å². The summed E-state index contributed by atoms with van der Waals surface area (Å²) in [4.78, 5) is 37.6. The molecule has 0 spiro atoms. The van der Waals surface area contributed by atoms with Crippen molar-refractivity contribution in [1.29, 1.82) is 0 Å². The third kappa shape index (κ3) is 2.91. The van der Waals surface area contributed by atoms with Crippen LogP contribution < -0.4 is 10.6 Å². The van der Waals surface area contributed by atoms with Crippen LogP contribution in [0.15, 0.2) is 22.7 Å². The molecule has 2 heterocycles. The van der Waals surface area contributed by atoms with Gasteiger partial charge in [0, 0.05) is 17.1 Å². The van der Waals surface area contributed by atoms with E-state index in [1.165, 1.54) is 0 Å². The van der Waals surface area contributed by atoms with Crippen LogP contribution in [0.3, 0.4) is 0 Å². The molecule has 1 atom stereocenters. The number of carbonyl (C=O) groups excluding carboxylic acids is 3. The first-order valence-electron chi connectivity index (χ1n) is 7.22. The van der Waals surface area contributed by atoms with Crippen molar-refractivity contribution in [3.05, 3.63) is 33.8 Å². The summed E-state index contributed by atoms with van der Waals surface area (Å²) in [5.74, 6) is -1.13. The Kier molecular flexibility index (Phi) is 4.26. The maximum absolute atomic E-state index is 12.3. The van der Waals surface area contributed by atoms with E-state index in [-0.39, 0.29) is 18.5 Å². The molecule has 0 aliphatic carbocycles. The van der Waals surface area contributed by atoms with Gasteiger partial charge in [-0.1, -0.05) is 15.9 Å². The summed E-state index contributed by atoms with van der Waals surface area (Å²) in [6.45, 7) is 1.45. The minimum atomic E-state index is -0.418. The highest BCUT2D eigenvalue weighted by molar-refractivity contribution is 9.10. The fraction of sp³-hybridized carbons (Fsp3) is 0.400. The fourth-order valence-corrected chi connectivity index (χ4v) is 3.16. The zero-order valence-electron chi connectivity index (χ0n) is 11.9. The summed E-state index contributed by atoms with van der Waals surface area (Å²) >= 11 is 3.28. The minimum Gasteiger partial charge on any atom is -0.351 e. The Bertz CT molecular complexity index is 641. The molecule has 1 saturated heterocycles. The van der Waals surface area contributed by atoms with E-state index in [1.54, 1.807) is 18.2 Å². The standard InChI is InChI=1S/C15H16BrN3O3/c16-9-3-4-11-12(6-9)15(22)19(14(11)21)8-13(20)18-10-2-1-5-17-7-10/h3-4,6,10,17H,1-2,5,7-8H2,(H,18,20)/t10-/m0/s1. The van der Waals surface area contributed by atoms with Gasteiger partial charge in [0.25, 0.3) is 11.8 Å². The number of piperidine rings is 1. The van der Waals surface area contributed by atoms with E-state index in [9.17, 15) is 14.4 Å². The molecule has 3 rings (SSSR count). The number of halogens is 1. The monoisotopic (exact) mass is 365 g/mol. The van der Waals surface area contributed by atoms with Crippen molar-refractivity contribution in [2.45, 2.75) is 18.9 Å². The normalized spacial score (nSPS) is 21.0.